The van der Waals surface area contributed by atoms with Crippen molar-refractivity contribution in [2.45, 2.75) is 20.3 Å². The van der Waals surface area contributed by atoms with E-state index in [0.29, 0.717) is 6.54 Å². The van der Waals surface area contributed by atoms with Crippen LogP contribution in [0.4, 0.5) is 14.5 Å². The van der Waals surface area contributed by atoms with E-state index in [2.05, 4.69) is 10.6 Å². The molecule has 1 aliphatic rings. The molecule has 1 amide bonds. The molecular weight excluding hydrogens is 250 g/mol. The molecule has 0 saturated carbocycles. The summed E-state index contributed by atoms with van der Waals surface area (Å²) >= 11 is 0. The van der Waals surface area contributed by atoms with E-state index in [4.69, 9.17) is 0 Å². The molecule has 1 atom stereocenters. The van der Waals surface area contributed by atoms with Gasteiger partial charge in [0.1, 0.15) is 11.6 Å². The van der Waals surface area contributed by atoms with Crippen LogP contribution in [0.1, 0.15) is 20.3 Å². The summed E-state index contributed by atoms with van der Waals surface area (Å²) in [7, 11) is 0. The molecule has 5 heteroatoms. The first-order valence-corrected chi connectivity index (χ1v) is 6.43. The average molecular weight is 268 g/mol. The molecule has 2 N–H and O–H groups in total. The van der Waals surface area contributed by atoms with Crippen molar-refractivity contribution < 1.29 is 13.6 Å². The number of hydrogen-bond donors (Lipinski definition) is 2. The van der Waals surface area contributed by atoms with E-state index in [1.807, 2.05) is 13.8 Å². The van der Waals surface area contributed by atoms with Crippen molar-refractivity contribution in [1.29, 1.82) is 0 Å². The van der Waals surface area contributed by atoms with E-state index in [-0.39, 0.29) is 17.5 Å². The Kier molecular flexibility index (Phi) is 3.85. The zero-order valence-corrected chi connectivity index (χ0v) is 11.1. The minimum Gasteiger partial charge on any atom is -0.323 e. The van der Waals surface area contributed by atoms with Crippen LogP contribution in [0, 0.1) is 23.0 Å². The lowest BCUT2D eigenvalue weighted by Crippen LogP contribution is -2.42. The third-order valence-corrected chi connectivity index (χ3v) is 3.93. The molecule has 1 aromatic rings. The van der Waals surface area contributed by atoms with Gasteiger partial charge in [0.15, 0.2) is 0 Å². The summed E-state index contributed by atoms with van der Waals surface area (Å²) in [6.45, 7) is 5.32. The number of halogens is 2. The molecule has 1 saturated heterocycles. The van der Waals surface area contributed by atoms with Gasteiger partial charge in [0.2, 0.25) is 5.91 Å². The largest absolute Gasteiger partial charge is 0.323 e. The predicted octanol–water partition coefficient (Wildman–Crippen LogP) is 2.54. The highest BCUT2D eigenvalue weighted by molar-refractivity contribution is 5.96. The molecule has 19 heavy (non-hydrogen) atoms. The van der Waals surface area contributed by atoms with E-state index < -0.39 is 17.0 Å². The van der Waals surface area contributed by atoms with Gasteiger partial charge in [0, 0.05) is 12.6 Å². The molecule has 1 aliphatic heterocycles. The fourth-order valence-electron chi connectivity index (χ4n) is 2.50. The quantitative estimate of drug-likeness (QED) is 0.884. The van der Waals surface area contributed by atoms with E-state index in [1.165, 1.54) is 6.07 Å². The molecule has 2 rings (SSSR count). The molecular formula is C14H18F2N2O. The highest BCUT2D eigenvalue weighted by Gasteiger charge is 2.44. The van der Waals surface area contributed by atoms with Crippen LogP contribution in [0.2, 0.25) is 0 Å². The van der Waals surface area contributed by atoms with Gasteiger partial charge in [-0.15, -0.1) is 0 Å². The van der Waals surface area contributed by atoms with Crippen molar-refractivity contribution >= 4 is 11.6 Å². The summed E-state index contributed by atoms with van der Waals surface area (Å²) in [5, 5.41) is 5.75. The highest BCUT2D eigenvalue weighted by Crippen LogP contribution is 2.35. The van der Waals surface area contributed by atoms with Crippen LogP contribution in [0.5, 0.6) is 0 Å². The topological polar surface area (TPSA) is 41.1 Å². The Morgan fingerprint density at radius 1 is 1.42 bits per heavy atom. The lowest BCUT2D eigenvalue weighted by molar-refractivity contribution is -0.126. The normalized spacial score (nSPS) is 22.8. The van der Waals surface area contributed by atoms with Crippen LogP contribution >= 0.6 is 0 Å². The molecule has 0 aromatic heterocycles. The minimum absolute atomic E-state index is 0.0262. The molecule has 0 bridgehead atoms. The Morgan fingerprint density at radius 3 is 2.68 bits per heavy atom. The van der Waals surface area contributed by atoms with Crippen molar-refractivity contribution in [1.82, 2.24) is 5.32 Å². The molecule has 1 fully saturated rings. The van der Waals surface area contributed by atoms with E-state index in [1.54, 1.807) is 0 Å². The number of benzene rings is 1. The van der Waals surface area contributed by atoms with Gasteiger partial charge in [-0.3, -0.25) is 4.79 Å². The lowest BCUT2D eigenvalue weighted by atomic mass is 9.75. The Hall–Kier alpha value is -1.49. The summed E-state index contributed by atoms with van der Waals surface area (Å²) in [6, 6.07) is 3.15. The summed E-state index contributed by atoms with van der Waals surface area (Å²) in [4.78, 5) is 12.4. The molecule has 3 nitrogen and oxygen atoms in total. The molecule has 1 unspecified atom stereocenters. The maximum atomic E-state index is 13.6. The van der Waals surface area contributed by atoms with Gasteiger partial charge in [-0.2, -0.15) is 0 Å². The van der Waals surface area contributed by atoms with Crippen LogP contribution < -0.4 is 10.6 Å². The molecule has 0 aliphatic carbocycles. The number of hydrogen-bond acceptors (Lipinski definition) is 2. The summed E-state index contributed by atoms with van der Waals surface area (Å²) in [5.74, 6) is -1.47. The van der Waals surface area contributed by atoms with Gasteiger partial charge in [0.25, 0.3) is 0 Å². The average Bonchev–Trinajstić information content (AvgIpc) is 2.83. The van der Waals surface area contributed by atoms with Crippen LogP contribution in [-0.2, 0) is 4.79 Å². The molecule has 0 spiro atoms. The number of nitrogens with one attached hydrogen (secondary N) is 2. The second-order valence-corrected chi connectivity index (χ2v) is 5.32. The second-order valence-electron chi connectivity index (χ2n) is 5.32. The van der Waals surface area contributed by atoms with Gasteiger partial charge < -0.3 is 10.6 Å². The Balaban J connectivity index is 2.20. The maximum absolute atomic E-state index is 13.6. The summed E-state index contributed by atoms with van der Waals surface area (Å²) in [6.07, 6.45) is 0.722. The first-order chi connectivity index (χ1) is 8.95. The molecule has 0 radical (unpaired) electrons. The number of rotatable bonds is 3. The SMILES string of the molecule is CC(C)C1(C(=O)Nc2ccc(F)cc2F)CCNC1. The van der Waals surface area contributed by atoms with Crippen LogP contribution in [-0.4, -0.2) is 19.0 Å². The van der Waals surface area contributed by atoms with Gasteiger partial charge in [-0.25, -0.2) is 8.78 Å². The van der Waals surface area contributed by atoms with Crippen LogP contribution in [0.3, 0.4) is 0 Å². The number of anilines is 1. The summed E-state index contributed by atoms with van der Waals surface area (Å²) < 4.78 is 26.4. The number of carbonyl (C=O) groups excluding carboxylic acids is 1. The van der Waals surface area contributed by atoms with Gasteiger partial charge in [0.05, 0.1) is 11.1 Å². The smallest absolute Gasteiger partial charge is 0.232 e. The van der Waals surface area contributed by atoms with Crippen molar-refractivity contribution in [2.24, 2.45) is 11.3 Å². The Labute approximate surface area is 111 Å². The zero-order valence-electron chi connectivity index (χ0n) is 11.1. The van der Waals surface area contributed by atoms with E-state index in [0.717, 1.165) is 25.1 Å². The first-order valence-electron chi connectivity index (χ1n) is 6.43. The van der Waals surface area contributed by atoms with Crippen molar-refractivity contribution in [2.75, 3.05) is 18.4 Å². The number of amides is 1. The van der Waals surface area contributed by atoms with Crippen LogP contribution in [0.25, 0.3) is 0 Å². The van der Waals surface area contributed by atoms with Crippen LogP contribution in [0.15, 0.2) is 18.2 Å². The van der Waals surface area contributed by atoms with Crippen molar-refractivity contribution in [3.63, 3.8) is 0 Å². The lowest BCUT2D eigenvalue weighted by Gasteiger charge is -2.31. The monoisotopic (exact) mass is 268 g/mol. The third kappa shape index (κ3) is 2.61. The fraction of sp³-hybridized carbons (Fsp3) is 0.500. The fourth-order valence-corrected chi connectivity index (χ4v) is 2.50. The second kappa shape index (κ2) is 5.25. The van der Waals surface area contributed by atoms with E-state index in [9.17, 15) is 13.6 Å². The third-order valence-electron chi connectivity index (χ3n) is 3.93. The minimum atomic E-state index is -0.752. The highest BCUT2D eigenvalue weighted by atomic mass is 19.1. The van der Waals surface area contributed by atoms with Crippen molar-refractivity contribution in [3.8, 4) is 0 Å². The standard InChI is InChI=1S/C14H18F2N2O/c1-9(2)14(5-6-17-8-14)13(19)18-12-4-3-10(15)7-11(12)16/h3-4,7,9,17H,5-6,8H2,1-2H3,(H,18,19). The predicted molar refractivity (Wildman–Crippen MR) is 69.7 cm³/mol. The molecule has 1 heterocycles. The number of carbonyl (C=O) groups is 1. The van der Waals surface area contributed by atoms with Gasteiger partial charge in [-0.1, -0.05) is 13.8 Å². The maximum Gasteiger partial charge on any atom is 0.232 e. The van der Waals surface area contributed by atoms with Gasteiger partial charge in [-0.05, 0) is 31.0 Å². The molecule has 1 aromatic carbocycles. The zero-order chi connectivity index (χ0) is 14.0. The first kappa shape index (κ1) is 13.9. The Bertz CT molecular complexity index is 482. The van der Waals surface area contributed by atoms with E-state index >= 15 is 0 Å². The Morgan fingerprint density at radius 2 is 2.16 bits per heavy atom. The van der Waals surface area contributed by atoms with Gasteiger partial charge >= 0.3 is 0 Å². The molecule has 104 valence electrons. The van der Waals surface area contributed by atoms with Crippen molar-refractivity contribution in [3.05, 3.63) is 29.8 Å². The summed E-state index contributed by atoms with van der Waals surface area (Å²) in [5.41, 5.74) is -0.501.